The quantitative estimate of drug-likeness (QED) is 0.765. The lowest BCUT2D eigenvalue weighted by atomic mass is 10.0. The van der Waals surface area contributed by atoms with E-state index in [1.54, 1.807) is 22.3 Å². The molecule has 2 nitrogen and oxygen atoms in total. The van der Waals surface area contributed by atoms with E-state index >= 15 is 0 Å². The van der Waals surface area contributed by atoms with E-state index in [1.165, 1.54) is 37.6 Å². The molecule has 1 N–H and O–H groups in total. The van der Waals surface area contributed by atoms with Crippen LogP contribution < -0.4 is 5.32 Å². The first-order chi connectivity index (χ1) is 9.45. The van der Waals surface area contributed by atoms with Crippen molar-refractivity contribution < 1.29 is 0 Å². The first-order valence-corrected chi connectivity index (χ1v) is 7.78. The van der Waals surface area contributed by atoms with Crippen LogP contribution in [-0.4, -0.2) is 17.7 Å². The Bertz CT molecular complexity index is 580. The Morgan fingerprint density at radius 3 is 2.79 bits per heavy atom. The molecule has 19 heavy (non-hydrogen) atoms. The molecule has 0 saturated heterocycles. The summed E-state index contributed by atoms with van der Waals surface area (Å²) in [6, 6.07) is 6.88. The lowest BCUT2D eigenvalue weighted by molar-refractivity contribution is 0.604. The van der Waals surface area contributed by atoms with Gasteiger partial charge in [0.1, 0.15) is 0 Å². The first-order valence-electron chi connectivity index (χ1n) is 7.78. The van der Waals surface area contributed by atoms with Crippen molar-refractivity contribution >= 4 is 10.9 Å². The zero-order chi connectivity index (χ0) is 13.2. The molecule has 0 spiro atoms. The number of aryl methyl sites for hydroxylation is 2. The van der Waals surface area contributed by atoms with E-state index in [-0.39, 0.29) is 0 Å². The highest BCUT2D eigenvalue weighted by Crippen LogP contribution is 2.33. The molecule has 2 aromatic rings. The second-order valence-electron chi connectivity index (χ2n) is 5.24. The lowest BCUT2D eigenvalue weighted by Gasteiger charge is -2.17. The van der Waals surface area contributed by atoms with Crippen LogP contribution in [0.4, 0.5) is 0 Å². The summed E-state index contributed by atoms with van der Waals surface area (Å²) in [7, 11) is 0. The maximum absolute atomic E-state index is 3.52. The fourth-order valence-electron chi connectivity index (χ4n) is 3.59. The molecule has 0 saturated carbocycles. The lowest BCUT2D eigenvalue weighted by Crippen LogP contribution is -2.18. The first kappa shape index (κ1) is 12.7. The van der Waals surface area contributed by atoms with Gasteiger partial charge in [-0.15, -0.1) is 0 Å². The van der Waals surface area contributed by atoms with Crippen molar-refractivity contribution in [2.24, 2.45) is 0 Å². The number of nitrogens with one attached hydrogen (secondary N) is 1. The summed E-state index contributed by atoms with van der Waals surface area (Å²) in [4.78, 5) is 0. The molecular weight excluding hydrogens is 232 g/mol. The van der Waals surface area contributed by atoms with Gasteiger partial charge in [0.05, 0.1) is 5.52 Å². The normalized spacial score (nSPS) is 17.4. The van der Waals surface area contributed by atoms with Gasteiger partial charge in [0, 0.05) is 30.6 Å². The van der Waals surface area contributed by atoms with Crippen LogP contribution in [0.5, 0.6) is 0 Å². The van der Waals surface area contributed by atoms with Gasteiger partial charge in [0.15, 0.2) is 0 Å². The van der Waals surface area contributed by atoms with Crippen molar-refractivity contribution in [1.82, 2.24) is 9.88 Å². The summed E-state index contributed by atoms with van der Waals surface area (Å²) >= 11 is 0. The van der Waals surface area contributed by atoms with Crippen LogP contribution in [-0.2, 0) is 25.8 Å². The van der Waals surface area contributed by atoms with Crippen molar-refractivity contribution in [3.05, 3.63) is 35.0 Å². The van der Waals surface area contributed by atoms with Crippen LogP contribution in [0.1, 0.15) is 37.1 Å². The average molecular weight is 256 g/mol. The van der Waals surface area contributed by atoms with Gasteiger partial charge in [-0.3, -0.25) is 0 Å². The van der Waals surface area contributed by atoms with Crippen molar-refractivity contribution in [1.29, 1.82) is 0 Å². The van der Waals surface area contributed by atoms with Crippen LogP contribution in [0, 0.1) is 0 Å². The zero-order valence-corrected chi connectivity index (χ0v) is 12.1. The highest BCUT2D eigenvalue weighted by atomic mass is 15.0. The van der Waals surface area contributed by atoms with Gasteiger partial charge in [-0.25, -0.2) is 0 Å². The molecule has 4 rings (SSSR count). The third kappa shape index (κ3) is 1.99. The maximum atomic E-state index is 3.52. The Morgan fingerprint density at radius 2 is 1.89 bits per heavy atom. The smallest absolute Gasteiger partial charge is 0.0517 e. The van der Waals surface area contributed by atoms with E-state index in [4.69, 9.17) is 0 Å². The Labute approximate surface area is 115 Å². The van der Waals surface area contributed by atoms with Crippen LogP contribution in [0.2, 0.25) is 0 Å². The molecule has 2 aliphatic heterocycles. The molecule has 102 valence electrons. The molecule has 0 radical (unpaired) electrons. The largest absolute Gasteiger partial charge is 0.344 e. The highest BCUT2D eigenvalue weighted by Gasteiger charge is 2.22. The molecule has 0 unspecified atom stereocenters. The molecule has 0 bridgehead atoms. The summed E-state index contributed by atoms with van der Waals surface area (Å²) in [5.74, 6) is 0. The van der Waals surface area contributed by atoms with Crippen LogP contribution in [0.25, 0.3) is 10.9 Å². The summed E-state index contributed by atoms with van der Waals surface area (Å²) in [6.07, 6.45) is 4.96. The maximum Gasteiger partial charge on any atom is 0.0517 e. The van der Waals surface area contributed by atoms with E-state index in [0.29, 0.717) is 0 Å². The molecule has 2 aliphatic rings. The topological polar surface area (TPSA) is 17.0 Å². The van der Waals surface area contributed by atoms with Crippen LogP contribution >= 0.6 is 0 Å². The number of hydrogen-bond acceptors (Lipinski definition) is 1. The summed E-state index contributed by atoms with van der Waals surface area (Å²) in [5.41, 5.74) is 6.34. The predicted molar refractivity (Wildman–Crippen MR) is 81.9 cm³/mol. The standard InChI is InChI=1S/C15H18N2.C2H6/c1-3-11-4-2-10-17-14-7-9-16-8-6-12(14)13(5-1)15(11)17;1-2/h1,3,5,16H,2,4,6-10H2;1-2H3. The minimum absolute atomic E-state index is 1.14. The third-order valence-corrected chi connectivity index (χ3v) is 4.31. The summed E-state index contributed by atoms with van der Waals surface area (Å²) in [5, 5.41) is 5.04. The van der Waals surface area contributed by atoms with Gasteiger partial charge in [-0.1, -0.05) is 32.0 Å². The van der Waals surface area contributed by atoms with E-state index in [9.17, 15) is 0 Å². The second-order valence-corrected chi connectivity index (χ2v) is 5.24. The number of benzene rings is 1. The van der Waals surface area contributed by atoms with Crippen LogP contribution in [0.15, 0.2) is 18.2 Å². The summed E-state index contributed by atoms with van der Waals surface area (Å²) < 4.78 is 2.61. The number of para-hydroxylation sites is 1. The van der Waals surface area contributed by atoms with Crippen molar-refractivity contribution in [2.45, 2.75) is 46.1 Å². The molecule has 0 amide bonds. The minimum Gasteiger partial charge on any atom is -0.344 e. The van der Waals surface area contributed by atoms with Crippen molar-refractivity contribution in [3.63, 3.8) is 0 Å². The predicted octanol–water partition coefficient (Wildman–Crippen LogP) is 3.30. The van der Waals surface area contributed by atoms with Gasteiger partial charge in [-0.2, -0.15) is 0 Å². The van der Waals surface area contributed by atoms with E-state index in [2.05, 4.69) is 28.1 Å². The highest BCUT2D eigenvalue weighted by molar-refractivity contribution is 5.89. The minimum atomic E-state index is 1.14. The Hall–Kier alpha value is -1.28. The molecule has 0 aliphatic carbocycles. The Kier molecular flexibility index (Phi) is 3.61. The van der Waals surface area contributed by atoms with E-state index in [0.717, 1.165) is 13.1 Å². The Balaban J connectivity index is 0.000000528. The number of rotatable bonds is 0. The molecule has 1 aromatic carbocycles. The monoisotopic (exact) mass is 256 g/mol. The van der Waals surface area contributed by atoms with Gasteiger partial charge < -0.3 is 9.88 Å². The third-order valence-electron chi connectivity index (χ3n) is 4.31. The molecular formula is C17H24N2. The molecule has 1 aromatic heterocycles. The van der Waals surface area contributed by atoms with E-state index < -0.39 is 0 Å². The fraction of sp³-hybridized carbons (Fsp3) is 0.529. The van der Waals surface area contributed by atoms with Crippen molar-refractivity contribution in [3.8, 4) is 0 Å². The molecule has 0 atom stereocenters. The molecule has 2 heteroatoms. The zero-order valence-electron chi connectivity index (χ0n) is 12.1. The van der Waals surface area contributed by atoms with Gasteiger partial charge >= 0.3 is 0 Å². The fourth-order valence-corrected chi connectivity index (χ4v) is 3.59. The van der Waals surface area contributed by atoms with E-state index in [1.807, 2.05) is 13.8 Å². The number of nitrogens with zero attached hydrogens (tertiary/aromatic N) is 1. The molecule has 3 heterocycles. The molecule has 0 fully saturated rings. The Morgan fingerprint density at radius 1 is 1.05 bits per heavy atom. The summed E-state index contributed by atoms with van der Waals surface area (Å²) in [6.45, 7) is 7.50. The van der Waals surface area contributed by atoms with Gasteiger partial charge in [0.2, 0.25) is 0 Å². The SMILES string of the molecule is CC.c1cc2c3c(c1)c1c(n3CCC2)CCNCC1. The van der Waals surface area contributed by atoms with Crippen LogP contribution in [0.3, 0.4) is 0 Å². The van der Waals surface area contributed by atoms with Gasteiger partial charge in [-0.05, 0) is 36.9 Å². The second kappa shape index (κ2) is 5.38. The van der Waals surface area contributed by atoms with Gasteiger partial charge in [0.25, 0.3) is 0 Å². The number of fused-ring (bicyclic) bond motifs is 3. The average Bonchev–Trinajstić information content (AvgIpc) is 2.66. The number of hydrogen-bond donors (Lipinski definition) is 1. The number of aromatic nitrogens is 1. The van der Waals surface area contributed by atoms with Crippen molar-refractivity contribution in [2.75, 3.05) is 13.1 Å².